The summed E-state index contributed by atoms with van der Waals surface area (Å²) in [6.07, 6.45) is 3.80. The number of halogens is 2. The highest BCUT2D eigenvalue weighted by atomic mass is 35.5. The molecule has 1 unspecified atom stereocenters. The standard InChI is InChI=1S/C21H22ClN3.ClH/c1-2-5-15-12-13-25(14-15)21-19-7-4-3-6-18(19)20(23-24-21)16-8-10-17(22)11-9-16;/h3-4,6-11,15H,2,5,12-14H2,1H3;1H. The van der Waals surface area contributed by atoms with Gasteiger partial charge >= 0.3 is 0 Å². The third-order valence-corrected chi connectivity index (χ3v) is 5.32. The number of hydrogen-bond donors (Lipinski definition) is 0. The van der Waals surface area contributed by atoms with E-state index in [9.17, 15) is 0 Å². The minimum absolute atomic E-state index is 0. The molecule has 0 bridgehead atoms. The Morgan fingerprint density at radius 3 is 2.50 bits per heavy atom. The van der Waals surface area contributed by atoms with Gasteiger partial charge in [0.15, 0.2) is 5.82 Å². The average molecular weight is 388 g/mol. The Labute approximate surface area is 165 Å². The molecule has 0 saturated carbocycles. The number of benzene rings is 2. The van der Waals surface area contributed by atoms with Crippen molar-refractivity contribution in [1.29, 1.82) is 0 Å². The van der Waals surface area contributed by atoms with Crippen molar-refractivity contribution >= 4 is 40.6 Å². The maximum atomic E-state index is 6.03. The van der Waals surface area contributed by atoms with Crippen LogP contribution in [0.5, 0.6) is 0 Å². The van der Waals surface area contributed by atoms with Crippen LogP contribution in [-0.2, 0) is 0 Å². The molecular weight excluding hydrogens is 365 g/mol. The molecule has 1 fully saturated rings. The molecule has 3 nitrogen and oxygen atoms in total. The van der Waals surface area contributed by atoms with Gasteiger partial charge in [0.25, 0.3) is 0 Å². The second kappa shape index (κ2) is 8.24. The van der Waals surface area contributed by atoms with Crippen molar-refractivity contribution in [3.8, 4) is 11.3 Å². The summed E-state index contributed by atoms with van der Waals surface area (Å²) in [6, 6.07) is 16.3. The fourth-order valence-corrected chi connectivity index (χ4v) is 3.94. The van der Waals surface area contributed by atoms with Gasteiger partial charge in [0.1, 0.15) is 5.69 Å². The van der Waals surface area contributed by atoms with Crippen molar-refractivity contribution in [2.24, 2.45) is 5.92 Å². The maximum Gasteiger partial charge on any atom is 0.159 e. The van der Waals surface area contributed by atoms with E-state index in [1.54, 1.807) is 0 Å². The minimum Gasteiger partial charge on any atom is -0.354 e. The van der Waals surface area contributed by atoms with Crippen molar-refractivity contribution < 1.29 is 0 Å². The molecule has 0 radical (unpaired) electrons. The van der Waals surface area contributed by atoms with Crippen molar-refractivity contribution in [2.75, 3.05) is 18.0 Å². The van der Waals surface area contributed by atoms with E-state index in [-0.39, 0.29) is 12.4 Å². The van der Waals surface area contributed by atoms with E-state index >= 15 is 0 Å². The molecule has 1 atom stereocenters. The van der Waals surface area contributed by atoms with Crippen LogP contribution in [0.4, 0.5) is 5.82 Å². The first-order valence-electron chi connectivity index (χ1n) is 9.02. The summed E-state index contributed by atoms with van der Waals surface area (Å²) in [7, 11) is 0. The van der Waals surface area contributed by atoms with Crippen LogP contribution in [0.1, 0.15) is 26.2 Å². The van der Waals surface area contributed by atoms with Crippen LogP contribution < -0.4 is 4.90 Å². The lowest BCUT2D eigenvalue weighted by Gasteiger charge is -2.19. The SMILES string of the molecule is CCCC1CCN(c2nnc(-c3ccc(Cl)cc3)c3ccccc23)C1.Cl. The second-order valence-electron chi connectivity index (χ2n) is 6.81. The van der Waals surface area contributed by atoms with Crippen LogP contribution >= 0.6 is 24.0 Å². The Bertz CT molecular complexity index is 880. The maximum absolute atomic E-state index is 6.03. The summed E-state index contributed by atoms with van der Waals surface area (Å²) < 4.78 is 0. The van der Waals surface area contributed by atoms with Crippen molar-refractivity contribution in [1.82, 2.24) is 10.2 Å². The number of hydrogen-bond acceptors (Lipinski definition) is 3. The Balaban J connectivity index is 0.00000196. The Hall–Kier alpha value is -1.84. The lowest BCUT2D eigenvalue weighted by atomic mass is 10.0. The van der Waals surface area contributed by atoms with Crippen LogP contribution in [0.3, 0.4) is 0 Å². The van der Waals surface area contributed by atoms with E-state index in [4.69, 9.17) is 11.6 Å². The largest absolute Gasteiger partial charge is 0.354 e. The molecule has 4 rings (SSSR count). The molecule has 3 aromatic rings. The zero-order valence-corrected chi connectivity index (χ0v) is 16.4. The molecule has 0 N–H and O–H groups in total. The highest BCUT2D eigenvalue weighted by Gasteiger charge is 2.25. The molecular formula is C21H23Cl2N3. The predicted molar refractivity (Wildman–Crippen MR) is 112 cm³/mol. The third-order valence-electron chi connectivity index (χ3n) is 5.07. The van der Waals surface area contributed by atoms with E-state index in [0.717, 1.165) is 46.5 Å². The molecule has 1 aromatic heterocycles. The third kappa shape index (κ3) is 3.65. The van der Waals surface area contributed by atoms with Crippen LogP contribution in [0.2, 0.25) is 5.02 Å². The average Bonchev–Trinajstić information content (AvgIpc) is 3.10. The zero-order valence-electron chi connectivity index (χ0n) is 14.9. The summed E-state index contributed by atoms with van der Waals surface area (Å²) in [5.41, 5.74) is 1.96. The summed E-state index contributed by atoms with van der Waals surface area (Å²) >= 11 is 6.03. The van der Waals surface area contributed by atoms with Crippen molar-refractivity contribution in [3.05, 3.63) is 53.6 Å². The molecule has 0 spiro atoms. The molecule has 1 aliphatic heterocycles. The molecule has 0 aliphatic carbocycles. The van der Waals surface area contributed by atoms with Crippen molar-refractivity contribution in [2.45, 2.75) is 26.2 Å². The fraction of sp³-hybridized carbons (Fsp3) is 0.333. The quantitative estimate of drug-likeness (QED) is 0.549. The predicted octanol–water partition coefficient (Wildman–Crippen LogP) is 6.00. The molecule has 2 aromatic carbocycles. The molecule has 0 amide bonds. The Morgan fingerprint density at radius 2 is 1.77 bits per heavy atom. The van der Waals surface area contributed by atoms with Gasteiger partial charge in [0.2, 0.25) is 0 Å². The first-order chi connectivity index (χ1) is 12.3. The highest BCUT2D eigenvalue weighted by Crippen LogP contribution is 2.34. The van der Waals surface area contributed by atoms with Crippen LogP contribution in [-0.4, -0.2) is 23.3 Å². The smallest absolute Gasteiger partial charge is 0.159 e. The summed E-state index contributed by atoms with van der Waals surface area (Å²) in [4.78, 5) is 2.40. The van der Waals surface area contributed by atoms with Gasteiger partial charge in [0.05, 0.1) is 0 Å². The van der Waals surface area contributed by atoms with E-state index in [1.807, 2.05) is 24.3 Å². The Morgan fingerprint density at radius 1 is 1.04 bits per heavy atom. The zero-order chi connectivity index (χ0) is 17.2. The van der Waals surface area contributed by atoms with Crippen LogP contribution in [0.15, 0.2) is 48.5 Å². The molecule has 1 aliphatic rings. The normalized spacial score (nSPS) is 16.7. The van der Waals surface area contributed by atoms with Crippen molar-refractivity contribution in [3.63, 3.8) is 0 Å². The van der Waals surface area contributed by atoms with Gasteiger partial charge in [-0.15, -0.1) is 22.6 Å². The lowest BCUT2D eigenvalue weighted by Crippen LogP contribution is -2.21. The molecule has 5 heteroatoms. The van der Waals surface area contributed by atoms with E-state index in [0.29, 0.717) is 0 Å². The van der Waals surface area contributed by atoms with E-state index in [2.05, 4.69) is 46.3 Å². The first-order valence-corrected chi connectivity index (χ1v) is 9.40. The highest BCUT2D eigenvalue weighted by molar-refractivity contribution is 6.30. The van der Waals surface area contributed by atoms with Gasteiger partial charge in [-0.3, -0.25) is 0 Å². The molecule has 136 valence electrons. The summed E-state index contributed by atoms with van der Waals surface area (Å²) in [6.45, 7) is 4.43. The first kappa shape index (κ1) is 18.9. The summed E-state index contributed by atoms with van der Waals surface area (Å²) in [5, 5.41) is 12.3. The fourth-order valence-electron chi connectivity index (χ4n) is 3.81. The van der Waals surface area contributed by atoms with Crippen LogP contribution in [0, 0.1) is 5.92 Å². The minimum atomic E-state index is 0. The van der Waals surface area contributed by atoms with E-state index in [1.165, 1.54) is 24.6 Å². The van der Waals surface area contributed by atoms with Crippen LogP contribution in [0.25, 0.3) is 22.0 Å². The van der Waals surface area contributed by atoms with Gasteiger partial charge < -0.3 is 4.90 Å². The second-order valence-corrected chi connectivity index (χ2v) is 7.25. The number of rotatable bonds is 4. The van der Waals surface area contributed by atoms with Gasteiger partial charge in [0, 0.05) is 34.4 Å². The van der Waals surface area contributed by atoms with Gasteiger partial charge in [-0.05, 0) is 30.9 Å². The lowest BCUT2D eigenvalue weighted by molar-refractivity contribution is 0.529. The number of aromatic nitrogens is 2. The Kier molecular flexibility index (Phi) is 6.00. The molecule has 1 saturated heterocycles. The van der Waals surface area contributed by atoms with E-state index < -0.39 is 0 Å². The number of nitrogens with zero attached hydrogens (tertiary/aromatic N) is 3. The monoisotopic (exact) mass is 387 g/mol. The number of anilines is 1. The molecule has 2 heterocycles. The van der Waals surface area contributed by atoms with Gasteiger partial charge in [-0.2, -0.15) is 0 Å². The molecule has 26 heavy (non-hydrogen) atoms. The van der Waals surface area contributed by atoms with Gasteiger partial charge in [-0.25, -0.2) is 0 Å². The topological polar surface area (TPSA) is 29.0 Å². The van der Waals surface area contributed by atoms with Gasteiger partial charge in [-0.1, -0.05) is 61.3 Å². The number of fused-ring (bicyclic) bond motifs is 1. The summed E-state index contributed by atoms with van der Waals surface area (Å²) in [5.74, 6) is 1.80.